The van der Waals surface area contributed by atoms with Crippen LogP contribution in [0, 0.1) is 0 Å². The molecule has 0 aromatic heterocycles. The lowest BCUT2D eigenvalue weighted by Crippen LogP contribution is -2.34. The van der Waals surface area contributed by atoms with Gasteiger partial charge < -0.3 is 0 Å². The van der Waals surface area contributed by atoms with Crippen LogP contribution < -0.4 is 10.9 Å². The molecule has 0 heterocycles. The first-order valence-corrected chi connectivity index (χ1v) is 9.20. The summed E-state index contributed by atoms with van der Waals surface area (Å²) in [6.07, 6.45) is 1.11. The molecule has 0 unspecified atom stereocenters. The number of halogens is 1. The number of nitrogens with one attached hydrogen (secondary N) is 2. The monoisotopic (exact) mass is 365 g/mol. The van der Waals surface area contributed by atoms with E-state index in [9.17, 15) is 13.2 Å². The van der Waals surface area contributed by atoms with E-state index in [1.54, 1.807) is 42.5 Å². The molecule has 0 amide bonds. The number of para-hydroxylation sites is 1. The molecule has 2 aromatic carbocycles. The summed E-state index contributed by atoms with van der Waals surface area (Å²) < 4.78 is 23.6. The van der Waals surface area contributed by atoms with E-state index < -0.39 is 9.84 Å². The topological polar surface area (TPSA) is 87.6 Å². The first-order chi connectivity index (χ1) is 11.3. The largest absolute Gasteiger partial charge is 0.298 e. The number of hydrogen-bond acceptors (Lipinski definition) is 5. The Bertz CT molecular complexity index is 895. The van der Waals surface area contributed by atoms with E-state index in [0.29, 0.717) is 16.4 Å². The van der Waals surface area contributed by atoms with Crippen LogP contribution in [-0.2, 0) is 14.6 Å². The van der Waals surface area contributed by atoms with Gasteiger partial charge in [-0.15, -0.1) is 0 Å². The highest BCUT2D eigenvalue weighted by Gasteiger charge is 2.13. The summed E-state index contributed by atoms with van der Waals surface area (Å²) in [6.45, 7) is 1.35. The lowest BCUT2D eigenvalue weighted by molar-refractivity contribution is -0.111. The number of hydrazine groups is 1. The molecule has 0 aliphatic heterocycles. The quantitative estimate of drug-likeness (QED) is 0.483. The number of amidine groups is 1. The van der Waals surface area contributed by atoms with Crippen LogP contribution >= 0.6 is 11.6 Å². The molecule has 0 atom stereocenters. The number of aliphatic imine (C=N–C) groups is 1. The minimum atomic E-state index is -3.41. The van der Waals surface area contributed by atoms with Crippen molar-refractivity contribution in [2.45, 2.75) is 11.8 Å². The molecule has 0 saturated heterocycles. The third kappa shape index (κ3) is 4.81. The van der Waals surface area contributed by atoms with Crippen molar-refractivity contribution in [3.05, 3.63) is 53.6 Å². The number of anilines is 1. The highest BCUT2D eigenvalue weighted by Crippen LogP contribution is 2.20. The van der Waals surface area contributed by atoms with E-state index in [1.165, 1.54) is 13.0 Å². The molecule has 6 nitrogen and oxygen atoms in total. The highest BCUT2D eigenvalue weighted by atomic mass is 35.5. The summed E-state index contributed by atoms with van der Waals surface area (Å²) in [7, 11) is -3.41. The minimum absolute atomic E-state index is 0.0283. The summed E-state index contributed by atoms with van der Waals surface area (Å²) >= 11 is 5.89. The predicted molar refractivity (Wildman–Crippen MR) is 95.5 cm³/mol. The van der Waals surface area contributed by atoms with Gasteiger partial charge in [0, 0.05) is 18.2 Å². The summed E-state index contributed by atoms with van der Waals surface area (Å²) in [5, 5.41) is 0.495. The number of carbonyl (C=O) groups is 1. The van der Waals surface area contributed by atoms with Gasteiger partial charge in [0.05, 0.1) is 16.3 Å². The molecular formula is C16H16ClN3O3S. The van der Waals surface area contributed by atoms with Crippen molar-refractivity contribution in [1.29, 1.82) is 0 Å². The summed E-state index contributed by atoms with van der Waals surface area (Å²) in [5.41, 5.74) is 6.20. The maximum absolute atomic E-state index is 11.8. The van der Waals surface area contributed by atoms with E-state index in [4.69, 9.17) is 11.6 Å². The molecule has 0 spiro atoms. The van der Waals surface area contributed by atoms with Crippen LogP contribution in [0.25, 0.3) is 0 Å². The van der Waals surface area contributed by atoms with Crippen molar-refractivity contribution >= 4 is 44.4 Å². The lowest BCUT2D eigenvalue weighted by atomic mass is 10.3. The van der Waals surface area contributed by atoms with Crippen molar-refractivity contribution in [2.75, 3.05) is 11.7 Å². The number of carbonyl (C=O) groups excluding carboxylic acids is 1. The van der Waals surface area contributed by atoms with Crippen molar-refractivity contribution in [1.82, 2.24) is 5.43 Å². The SMILES string of the molecule is CC(=O)C(=Nc1cccc(Cl)c1)NNc1ccccc1S(C)(=O)=O. The van der Waals surface area contributed by atoms with Crippen LogP contribution in [0.15, 0.2) is 58.4 Å². The Kier molecular flexibility index (Phi) is 5.58. The molecule has 0 saturated carbocycles. The Morgan fingerprint density at radius 1 is 1.12 bits per heavy atom. The standard InChI is InChI=1S/C16H16ClN3O3S/c1-11(21)16(18-13-7-5-6-12(17)10-13)20-19-14-8-3-4-9-15(14)24(2,22)23/h3-10,19H,1-2H3,(H,18,20). The van der Waals surface area contributed by atoms with Gasteiger partial charge in [0.2, 0.25) is 0 Å². The Balaban J connectivity index is 2.27. The summed E-state index contributed by atoms with van der Waals surface area (Å²) in [4.78, 5) is 16.1. The van der Waals surface area contributed by atoms with Gasteiger partial charge in [-0.2, -0.15) is 0 Å². The van der Waals surface area contributed by atoms with Crippen molar-refractivity contribution in [3.63, 3.8) is 0 Å². The molecular weight excluding hydrogens is 350 g/mol. The summed E-state index contributed by atoms with van der Waals surface area (Å²) in [5.74, 6) is -0.292. The lowest BCUT2D eigenvalue weighted by Gasteiger charge is -2.13. The number of Topliss-reactive ketones (excluding diaryl/α,β-unsaturated/α-hetero) is 1. The third-order valence-electron chi connectivity index (χ3n) is 2.98. The van der Waals surface area contributed by atoms with Crippen LogP contribution in [0.1, 0.15) is 6.92 Å². The molecule has 126 valence electrons. The number of hydrogen-bond donors (Lipinski definition) is 2. The Hall–Kier alpha value is -2.38. The molecule has 0 fully saturated rings. The number of ketones is 1. The number of rotatable bonds is 5. The molecule has 0 radical (unpaired) electrons. The molecule has 24 heavy (non-hydrogen) atoms. The average molecular weight is 366 g/mol. The van der Waals surface area contributed by atoms with Crippen molar-refractivity contribution in [3.8, 4) is 0 Å². The van der Waals surface area contributed by atoms with Crippen molar-refractivity contribution in [2.24, 2.45) is 4.99 Å². The molecule has 0 bridgehead atoms. The second kappa shape index (κ2) is 7.46. The van der Waals surface area contributed by atoms with Crippen LogP contribution in [0.2, 0.25) is 5.02 Å². The second-order valence-electron chi connectivity index (χ2n) is 5.01. The van der Waals surface area contributed by atoms with E-state index in [2.05, 4.69) is 15.8 Å². The Morgan fingerprint density at radius 2 is 1.83 bits per heavy atom. The van der Waals surface area contributed by atoms with Crippen molar-refractivity contribution < 1.29 is 13.2 Å². The van der Waals surface area contributed by atoms with Crippen LogP contribution in [0.3, 0.4) is 0 Å². The first-order valence-electron chi connectivity index (χ1n) is 6.93. The predicted octanol–water partition coefficient (Wildman–Crippen LogP) is 2.98. The van der Waals surface area contributed by atoms with Gasteiger partial charge in [-0.3, -0.25) is 15.6 Å². The van der Waals surface area contributed by atoms with Gasteiger partial charge in [0.1, 0.15) is 0 Å². The van der Waals surface area contributed by atoms with Gasteiger partial charge >= 0.3 is 0 Å². The van der Waals surface area contributed by atoms with E-state index in [0.717, 1.165) is 6.26 Å². The maximum atomic E-state index is 11.8. The minimum Gasteiger partial charge on any atom is -0.298 e. The third-order valence-corrected chi connectivity index (χ3v) is 4.37. The van der Waals surface area contributed by atoms with Crippen LogP contribution in [0.4, 0.5) is 11.4 Å². The molecule has 2 N–H and O–H groups in total. The molecule has 2 rings (SSSR count). The summed E-state index contributed by atoms with van der Waals surface area (Å²) in [6, 6.07) is 13.1. The first kappa shape index (κ1) is 18.0. The second-order valence-corrected chi connectivity index (χ2v) is 7.44. The zero-order valence-corrected chi connectivity index (χ0v) is 14.6. The van der Waals surface area contributed by atoms with Gasteiger partial charge in [0.15, 0.2) is 21.5 Å². The van der Waals surface area contributed by atoms with E-state index >= 15 is 0 Å². The highest BCUT2D eigenvalue weighted by molar-refractivity contribution is 7.90. The molecule has 0 aliphatic carbocycles. The number of benzene rings is 2. The molecule has 8 heteroatoms. The Labute approximate surface area is 145 Å². The van der Waals surface area contributed by atoms with Crippen LogP contribution in [-0.4, -0.2) is 26.3 Å². The Morgan fingerprint density at radius 3 is 2.46 bits per heavy atom. The number of nitrogens with zero attached hydrogens (tertiary/aromatic N) is 1. The smallest absolute Gasteiger partial charge is 0.196 e. The maximum Gasteiger partial charge on any atom is 0.196 e. The normalized spacial score (nSPS) is 11.9. The fourth-order valence-electron chi connectivity index (χ4n) is 1.89. The van der Waals surface area contributed by atoms with E-state index in [1.807, 2.05) is 0 Å². The average Bonchev–Trinajstić information content (AvgIpc) is 2.50. The molecule has 2 aromatic rings. The fourth-order valence-corrected chi connectivity index (χ4v) is 2.92. The van der Waals surface area contributed by atoms with Gasteiger partial charge in [0.25, 0.3) is 0 Å². The van der Waals surface area contributed by atoms with Gasteiger partial charge in [-0.05, 0) is 30.3 Å². The van der Waals surface area contributed by atoms with Gasteiger partial charge in [-0.1, -0.05) is 29.8 Å². The van der Waals surface area contributed by atoms with Gasteiger partial charge in [-0.25, -0.2) is 13.4 Å². The van der Waals surface area contributed by atoms with Crippen LogP contribution in [0.5, 0.6) is 0 Å². The zero-order valence-electron chi connectivity index (χ0n) is 13.1. The van der Waals surface area contributed by atoms with E-state index in [-0.39, 0.29) is 16.5 Å². The molecule has 0 aliphatic rings. The fraction of sp³-hybridized carbons (Fsp3) is 0.125. The zero-order chi connectivity index (χ0) is 17.7. The number of sulfone groups is 1.